The van der Waals surface area contributed by atoms with E-state index in [1.165, 1.54) is 4.90 Å². The van der Waals surface area contributed by atoms with Crippen molar-refractivity contribution in [1.82, 2.24) is 0 Å². The van der Waals surface area contributed by atoms with Gasteiger partial charge in [-0.25, -0.2) is 0 Å². The Morgan fingerprint density at radius 3 is 2.69 bits per heavy atom. The number of nitrogens with zero attached hydrogens (tertiary/aromatic N) is 1. The van der Waals surface area contributed by atoms with Crippen LogP contribution in [0.25, 0.3) is 0 Å². The summed E-state index contributed by atoms with van der Waals surface area (Å²) in [5, 5.41) is 3.94. The van der Waals surface area contributed by atoms with Crippen molar-refractivity contribution >= 4 is 64.0 Å². The number of halogens is 3. The van der Waals surface area contributed by atoms with E-state index in [0.717, 1.165) is 0 Å². The Balaban J connectivity index is 1.57. The highest BCUT2D eigenvalue weighted by Crippen LogP contribution is 2.33. The zero-order chi connectivity index (χ0) is 21.1. The number of hydrogen-bond donors (Lipinski definition) is 1. The van der Waals surface area contributed by atoms with Gasteiger partial charge in [0.2, 0.25) is 5.91 Å². The summed E-state index contributed by atoms with van der Waals surface area (Å²) >= 11 is 18.1. The summed E-state index contributed by atoms with van der Waals surface area (Å²) in [7, 11) is 0. The number of rotatable bonds is 5. The molecule has 1 heterocycles. The number of anilines is 2. The second-order valence-electron chi connectivity index (χ2n) is 6.57. The number of hydrogen-bond acceptors (Lipinski definition) is 4. The van der Waals surface area contributed by atoms with Crippen LogP contribution in [0.4, 0.5) is 11.4 Å². The topological polar surface area (TPSA) is 75.7 Å². The summed E-state index contributed by atoms with van der Waals surface area (Å²) in [6.07, 6.45) is -0.0311. The monoisotopic (exact) mass is 454 g/mol. The predicted octanol–water partition coefficient (Wildman–Crippen LogP) is 4.49. The van der Waals surface area contributed by atoms with Gasteiger partial charge in [-0.15, -0.1) is 0 Å². The van der Waals surface area contributed by atoms with Crippen molar-refractivity contribution in [2.24, 2.45) is 5.92 Å². The Labute approximate surface area is 182 Å². The van der Waals surface area contributed by atoms with Crippen LogP contribution in [-0.2, 0) is 19.1 Å². The van der Waals surface area contributed by atoms with E-state index in [4.69, 9.17) is 39.5 Å². The Kier molecular flexibility index (Phi) is 6.67. The molecule has 2 amide bonds. The summed E-state index contributed by atoms with van der Waals surface area (Å²) in [6, 6.07) is 9.87. The largest absolute Gasteiger partial charge is 0.455 e. The molecule has 3 rings (SSSR count). The van der Waals surface area contributed by atoms with Crippen LogP contribution < -0.4 is 10.2 Å². The number of carbonyl (C=O) groups is 3. The lowest BCUT2D eigenvalue weighted by Crippen LogP contribution is -2.28. The molecule has 152 valence electrons. The lowest BCUT2D eigenvalue weighted by molar-refractivity contribution is -0.151. The molecule has 0 spiro atoms. The summed E-state index contributed by atoms with van der Waals surface area (Å²) in [6.45, 7) is 1.41. The van der Waals surface area contributed by atoms with E-state index in [1.54, 1.807) is 43.3 Å². The number of benzene rings is 2. The Hall–Kier alpha value is -2.28. The molecule has 1 aliphatic heterocycles. The van der Waals surface area contributed by atoms with Gasteiger partial charge in [-0.1, -0.05) is 40.9 Å². The van der Waals surface area contributed by atoms with Crippen LogP contribution in [0.2, 0.25) is 15.1 Å². The normalized spacial score (nSPS) is 16.1. The zero-order valence-corrected chi connectivity index (χ0v) is 17.6. The van der Waals surface area contributed by atoms with Crippen molar-refractivity contribution in [3.05, 3.63) is 57.0 Å². The standard InChI is InChI=1S/C20H17Cl3N2O4/c1-11-14(22)3-2-4-16(11)24-18(26)10-29-20(28)12-7-19(27)25(9-12)17-8-13(21)5-6-15(17)23/h2-6,8,12H,7,9-10H2,1H3,(H,24,26)/t12-/m0/s1. The fourth-order valence-corrected chi connectivity index (χ4v) is 3.54. The van der Waals surface area contributed by atoms with Gasteiger partial charge in [-0.3, -0.25) is 14.4 Å². The highest BCUT2D eigenvalue weighted by atomic mass is 35.5. The lowest BCUT2D eigenvalue weighted by atomic mass is 10.1. The van der Waals surface area contributed by atoms with Gasteiger partial charge in [0.15, 0.2) is 6.61 Å². The van der Waals surface area contributed by atoms with Gasteiger partial charge in [0.05, 0.1) is 16.6 Å². The fraction of sp³-hybridized carbons (Fsp3) is 0.250. The molecule has 29 heavy (non-hydrogen) atoms. The summed E-state index contributed by atoms with van der Waals surface area (Å²) in [4.78, 5) is 38.1. The van der Waals surface area contributed by atoms with Crippen molar-refractivity contribution in [2.45, 2.75) is 13.3 Å². The van der Waals surface area contributed by atoms with Crippen LogP contribution in [0.3, 0.4) is 0 Å². The molecule has 6 nitrogen and oxygen atoms in total. The highest BCUT2D eigenvalue weighted by Gasteiger charge is 2.37. The molecule has 0 aromatic heterocycles. The van der Waals surface area contributed by atoms with Crippen LogP contribution in [0.1, 0.15) is 12.0 Å². The molecule has 0 saturated carbocycles. The molecule has 0 unspecified atom stereocenters. The van der Waals surface area contributed by atoms with Crippen LogP contribution >= 0.6 is 34.8 Å². The lowest BCUT2D eigenvalue weighted by Gasteiger charge is -2.18. The first kappa shape index (κ1) is 21.4. The van der Waals surface area contributed by atoms with Crippen molar-refractivity contribution in [1.29, 1.82) is 0 Å². The maximum Gasteiger partial charge on any atom is 0.311 e. The second-order valence-corrected chi connectivity index (χ2v) is 7.82. The average molecular weight is 456 g/mol. The molecule has 0 radical (unpaired) electrons. The average Bonchev–Trinajstić information content (AvgIpc) is 3.07. The SMILES string of the molecule is Cc1c(Cl)cccc1NC(=O)COC(=O)[C@H]1CC(=O)N(c2cc(Cl)ccc2Cl)C1. The molecule has 2 aromatic carbocycles. The minimum absolute atomic E-state index is 0.0311. The molecule has 9 heteroatoms. The molecule has 1 atom stereocenters. The van der Waals surface area contributed by atoms with E-state index in [2.05, 4.69) is 5.32 Å². The van der Waals surface area contributed by atoms with Crippen molar-refractivity contribution < 1.29 is 19.1 Å². The van der Waals surface area contributed by atoms with Crippen LogP contribution in [0.5, 0.6) is 0 Å². The molecule has 2 aromatic rings. The van der Waals surface area contributed by atoms with E-state index in [1.807, 2.05) is 0 Å². The van der Waals surface area contributed by atoms with E-state index >= 15 is 0 Å². The molecule has 1 fully saturated rings. The third-order valence-electron chi connectivity index (χ3n) is 4.54. The Bertz CT molecular complexity index is 980. The Morgan fingerprint density at radius 1 is 1.17 bits per heavy atom. The number of amides is 2. The van der Waals surface area contributed by atoms with Gasteiger partial charge in [0.1, 0.15) is 0 Å². The first-order valence-electron chi connectivity index (χ1n) is 8.73. The van der Waals surface area contributed by atoms with E-state index < -0.39 is 24.4 Å². The second kappa shape index (κ2) is 9.03. The smallest absolute Gasteiger partial charge is 0.311 e. The van der Waals surface area contributed by atoms with Crippen LogP contribution in [0.15, 0.2) is 36.4 Å². The molecule has 0 bridgehead atoms. The highest BCUT2D eigenvalue weighted by molar-refractivity contribution is 6.36. The molecule has 1 saturated heterocycles. The summed E-state index contributed by atoms with van der Waals surface area (Å²) in [5.41, 5.74) is 1.69. The number of carbonyl (C=O) groups excluding carboxylic acids is 3. The fourth-order valence-electron chi connectivity index (χ4n) is 2.97. The third-order valence-corrected chi connectivity index (χ3v) is 5.51. The summed E-state index contributed by atoms with van der Waals surface area (Å²) in [5.74, 6) is -2.09. The maximum absolute atomic E-state index is 12.3. The predicted molar refractivity (Wildman–Crippen MR) is 113 cm³/mol. The first-order chi connectivity index (χ1) is 13.8. The Morgan fingerprint density at radius 2 is 1.93 bits per heavy atom. The van der Waals surface area contributed by atoms with Crippen molar-refractivity contribution in [2.75, 3.05) is 23.4 Å². The van der Waals surface area contributed by atoms with Gasteiger partial charge < -0.3 is 15.0 Å². The van der Waals surface area contributed by atoms with Gasteiger partial charge in [0.25, 0.3) is 5.91 Å². The summed E-state index contributed by atoms with van der Waals surface area (Å²) < 4.78 is 5.09. The third kappa shape index (κ3) is 5.01. The molecule has 1 N–H and O–H groups in total. The zero-order valence-electron chi connectivity index (χ0n) is 15.4. The van der Waals surface area contributed by atoms with Gasteiger partial charge >= 0.3 is 5.97 Å². The van der Waals surface area contributed by atoms with Crippen molar-refractivity contribution in [3.63, 3.8) is 0 Å². The van der Waals surface area contributed by atoms with Gasteiger partial charge in [0, 0.05) is 28.7 Å². The maximum atomic E-state index is 12.3. The molecule has 0 aliphatic carbocycles. The minimum atomic E-state index is -0.696. The van der Waals surface area contributed by atoms with Crippen LogP contribution in [0, 0.1) is 12.8 Å². The molecular formula is C20H17Cl3N2O4. The first-order valence-corrected chi connectivity index (χ1v) is 9.86. The molecular weight excluding hydrogens is 439 g/mol. The number of esters is 1. The van der Waals surface area contributed by atoms with E-state index in [-0.39, 0.29) is 18.9 Å². The van der Waals surface area contributed by atoms with Crippen LogP contribution in [-0.4, -0.2) is 30.9 Å². The molecule has 1 aliphatic rings. The number of nitrogens with one attached hydrogen (secondary N) is 1. The number of ether oxygens (including phenoxy) is 1. The van der Waals surface area contributed by atoms with Gasteiger partial charge in [-0.2, -0.15) is 0 Å². The quantitative estimate of drug-likeness (QED) is 0.674. The van der Waals surface area contributed by atoms with E-state index in [9.17, 15) is 14.4 Å². The van der Waals surface area contributed by atoms with E-state index in [0.29, 0.717) is 32.0 Å². The van der Waals surface area contributed by atoms with Gasteiger partial charge in [-0.05, 0) is 42.8 Å². The minimum Gasteiger partial charge on any atom is -0.455 e. The van der Waals surface area contributed by atoms with Crippen molar-refractivity contribution in [3.8, 4) is 0 Å².